The van der Waals surface area contributed by atoms with Crippen LogP contribution in [0.1, 0.15) is 27.7 Å². The minimum absolute atomic E-state index is 0.161. The Morgan fingerprint density at radius 3 is 1.88 bits per heavy atom. The number of rotatable bonds is 3. The SMILES string of the molecule is BN(CC)c1c(N(B)C(C)(C)C)c(=O)c1=O. The lowest BCUT2D eigenvalue weighted by atomic mass is 9.96. The van der Waals surface area contributed by atoms with E-state index in [-0.39, 0.29) is 16.4 Å². The zero-order valence-corrected chi connectivity index (χ0v) is 10.9. The van der Waals surface area contributed by atoms with Gasteiger partial charge in [0.25, 0.3) is 10.9 Å². The fourth-order valence-electron chi connectivity index (χ4n) is 1.53. The van der Waals surface area contributed by atoms with Crippen LogP contribution in [0.25, 0.3) is 0 Å². The quantitative estimate of drug-likeness (QED) is 0.474. The van der Waals surface area contributed by atoms with Gasteiger partial charge in [0.1, 0.15) is 11.4 Å². The van der Waals surface area contributed by atoms with E-state index in [2.05, 4.69) is 0 Å². The Morgan fingerprint density at radius 1 is 1.06 bits per heavy atom. The molecule has 4 nitrogen and oxygen atoms in total. The highest BCUT2D eigenvalue weighted by molar-refractivity contribution is 6.24. The zero-order valence-electron chi connectivity index (χ0n) is 10.9. The third kappa shape index (κ3) is 1.88. The van der Waals surface area contributed by atoms with Crippen molar-refractivity contribution in [1.82, 2.24) is 0 Å². The molecule has 0 N–H and O–H groups in total. The van der Waals surface area contributed by atoms with Crippen LogP contribution in [0.2, 0.25) is 0 Å². The topological polar surface area (TPSA) is 40.6 Å². The van der Waals surface area contributed by atoms with Crippen molar-refractivity contribution in [3.05, 3.63) is 20.4 Å². The van der Waals surface area contributed by atoms with Crippen LogP contribution < -0.4 is 20.5 Å². The van der Waals surface area contributed by atoms with Crippen LogP contribution in [0.15, 0.2) is 9.59 Å². The van der Waals surface area contributed by atoms with Gasteiger partial charge in [-0.3, -0.25) is 9.59 Å². The van der Waals surface area contributed by atoms with E-state index in [9.17, 15) is 9.59 Å². The molecule has 1 rings (SSSR count). The van der Waals surface area contributed by atoms with Gasteiger partial charge in [0.15, 0.2) is 0 Å². The normalized spacial score (nSPS) is 11.8. The average molecular weight is 220 g/mol. The molecular formula is C10H18B2N2O2. The Labute approximate surface area is 97.8 Å². The zero-order chi connectivity index (χ0) is 12.7. The van der Waals surface area contributed by atoms with Crippen molar-refractivity contribution < 1.29 is 0 Å². The summed E-state index contributed by atoms with van der Waals surface area (Å²) in [5, 5.41) is 0. The molecule has 0 radical (unpaired) electrons. The molecule has 16 heavy (non-hydrogen) atoms. The molecule has 0 atom stereocenters. The summed E-state index contributed by atoms with van der Waals surface area (Å²) in [5.74, 6) is 0. The van der Waals surface area contributed by atoms with Crippen molar-refractivity contribution in [3.8, 4) is 0 Å². The summed E-state index contributed by atoms with van der Waals surface area (Å²) in [5.41, 5.74) is 0.195. The summed E-state index contributed by atoms with van der Waals surface area (Å²) in [7, 11) is 3.68. The molecule has 86 valence electrons. The van der Waals surface area contributed by atoms with Crippen LogP contribution in [-0.4, -0.2) is 28.0 Å². The molecular weight excluding hydrogens is 202 g/mol. The van der Waals surface area contributed by atoms with E-state index in [0.29, 0.717) is 11.4 Å². The van der Waals surface area contributed by atoms with Gasteiger partial charge < -0.3 is 9.62 Å². The second-order valence-corrected chi connectivity index (χ2v) is 5.10. The highest BCUT2D eigenvalue weighted by Crippen LogP contribution is 2.26. The van der Waals surface area contributed by atoms with Crippen LogP contribution in [-0.2, 0) is 0 Å². The second-order valence-electron chi connectivity index (χ2n) is 5.10. The summed E-state index contributed by atoms with van der Waals surface area (Å²) < 4.78 is 0. The molecule has 0 spiro atoms. The van der Waals surface area contributed by atoms with E-state index in [1.807, 2.05) is 53.3 Å². The highest BCUT2D eigenvalue weighted by Gasteiger charge is 2.30. The van der Waals surface area contributed by atoms with Gasteiger partial charge in [-0.15, -0.1) is 0 Å². The number of nitrogens with zero attached hydrogens (tertiary/aromatic N) is 2. The molecule has 0 heterocycles. The first-order valence-electron chi connectivity index (χ1n) is 5.50. The lowest BCUT2D eigenvalue weighted by molar-refractivity contribution is 0.581. The van der Waals surface area contributed by atoms with E-state index in [1.165, 1.54) is 0 Å². The molecule has 0 bridgehead atoms. The van der Waals surface area contributed by atoms with Gasteiger partial charge in [0, 0.05) is 12.1 Å². The van der Waals surface area contributed by atoms with Crippen LogP contribution in [0.3, 0.4) is 0 Å². The average Bonchev–Trinajstić information content (AvgIpc) is 2.21. The fourth-order valence-corrected chi connectivity index (χ4v) is 1.53. The first-order valence-corrected chi connectivity index (χ1v) is 5.50. The fraction of sp³-hybridized carbons (Fsp3) is 0.600. The standard InChI is InChI=1S/C10H18B2N2O2/c1-5-13(11)6-7(9(16)8(6)15)14(12)10(2,3)4/h5,11-12H2,1-4H3. The molecule has 0 saturated carbocycles. The highest BCUT2D eigenvalue weighted by atomic mass is 16.2. The Morgan fingerprint density at radius 2 is 1.50 bits per heavy atom. The Hall–Kier alpha value is -1.19. The lowest BCUT2D eigenvalue weighted by Crippen LogP contribution is -2.50. The largest absolute Gasteiger partial charge is 0.417 e. The van der Waals surface area contributed by atoms with E-state index in [0.717, 1.165) is 6.54 Å². The van der Waals surface area contributed by atoms with Crippen LogP contribution in [0, 0.1) is 0 Å². The Balaban J connectivity index is 3.22. The molecule has 0 aliphatic rings. The maximum absolute atomic E-state index is 11.6. The maximum atomic E-state index is 11.6. The van der Waals surface area contributed by atoms with Crippen LogP contribution >= 0.6 is 0 Å². The van der Waals surface area contributed by atoms with E-state index in [1.54, 1.807) is 0 Å². The molecule has 0 fully saturated rings. The van der Waals surface area contributed by atoms with E-state index < -0.39 is 0 Å². The minimum atomic E-state index is -0.368. The van der Waals surface area contributed by atoms with Gasteiger partial charge in [-0.25, -0.2) is 0 Å². The molecule has 6 heteroatoms. The monoisotopic (exact) mass is 220 g/mol. The van der Waals surface area contributed by atoms with E-state index >= 15 is 0 Å². The summed E-state index contributed by atoms with van der Waals surface area (Å²) in [6, 6.07) is 0. The van der Waals surface area contributed by atoms with Crippen molar-refractivity contribution in [2.75, 3.05) is 16.2 Å². The van der Waals surface area contributed by atoms with Crippen molar-refractivity contribution in [1.29, 1.82) is 0 Å². The molecule has 1 aromatic rings. The molecule has 0 aliphatic heterocycles. The summed E-state index contributed by atoms with van der Waals surface area (Å²) in [6.07, 6.45) is 0. The van der Waals surface area contributed by atoms with Gasteiger partial charge in [-0.05, 0) is 27.7 Å². The predicted molar refractivity (Wildman–Crippen MR) is 73.7 cm³/mol. The molecule has 0 aromatic heterocycles. The smallest absolute Gasteiger partial charge is 0.252 e. The Kier molecular flexibility index (Phi) is 3.22. The third-order valence-corrected chi connectivity index (χ3v) is 3.06. The first-order chi connectivity index (χ1) is 7.21. The van der Waals surface area contributed by atoms with Crippen LogP contribution in [0.5, 0.6) is 0 Å². The maximum Gasteiger partial charge on any atom is 0.252 e. The number of hydrogen-bond acceptors (Lipinski definition) is 4. The number of anilines is 2. The van der Waals surface area contributed by atoms with Crippen molar-refractivity contribution >= 4 is 27.3 Å². The van der Waals surface area contributed by atoms with Gasteiger partial charge >= 0.3 is 0 Å². The van der Waals surface area contributed by atoms with Gasteiger partial charge in [-0.1, -0.05) is 0 Å². The molecule has 0 unspecified atom stereocenters. The summed E-state index contributed by atoms with van der Waals surface area (Å²) >= 11 is 0. The molecule has 0 amide bonds. The Bertz CT molecular complexity index is 458. The summed E-state index contributed by atoms with van der Waals surface area (Å²) in [4.78, 5) is 26.8. The summed E-state index contributed by atoms with van der Waals surface area (Å²) in [6.45, 7) is 8.71. The predicted octanol–water partition coefficient (Wildman–Crippen LogP) is -1.19. The molecule has 1 aromatic carbocycles. The van der Waals surface area contributed by atoms with Crippen molar-refractivity contribution in [3.63, 3.8) is 0 Å². The lowest BCUT2D eigenvalue weighted by Gasteiger charge is -2.38. The minimum Gasteiger partial charge on any atom is -0.417 e. The second kappa shape index (κ2) is 4.00. The van der Waals surface area contributed by atoms with Gasteiger partial charge in [0.05, 0.1) is 0 Å². The molecule has 0 aliphatic carbocycles. The van der Waals surface area contributed by atoms with Crippen LogP contribution in [0.4, 0.5) is 11.4 Å². The van der Waals surface area contributed by atoms with Crippen molar-refractivity contribution in [2.24, 2.45) is 0 Å². The van der Waals surface area contributed by atoms with Crippen molar-refractivity contribution in [2.45, 2.75) is 33.2 Å². The first kappa shape index (κ1) is 12.9. The van der Waals surface area contributed by atoms with E-state index in [4.69, 9.17) is 0 Å². The third-order valence-electron chi connectivity index (χ3n) is 3.06. The molecule has 0 saturated heterocycles. The van der Waals surface area contributed by atoms with Gasteiger partial charge in [0.2, 0.25) is 16.0 Å². The van der Waals surface area contributed by atoms with Gasteiger partial charge in [-0.2, -0.15) is 0 Å². The number of hydrogen-bond donors (Lipinski definition) is 0.